The first kappa shape index (κ1) is 17.0. The van der Waals surface area contributed by atoms with Gasteiger partial charge in [0.1, 0.15) is 0 Å². The van der Waals surface area contributed by atoms with Crippen LogP contribution in [0, 0.1) is 0 Å². The van der Waals surface area contributed by atoms with Gasteiger partial charge >= 0.3 is 0 Å². The maximum Gasteiger partial charge on any atom is 0.221 e. The Labute approximate surface area is 129 Å². The van der Waals surface area contributed by atoms with Crippen molar-refractivity contribution in [2.75, 3.05) is 22.1 Å². The summed E-state index contributed by atoms with van der Waals surface area (Å²) in [5.41, 5.74) is 13.8. The molecule has 2 aromatic rings. The van der Waals surface area contributed by atoms with E-state index in [1.165, 1.54) is 13.8 Å². The highest BCUT2D eigenvalue weighted by molar-refractivity contribution is 5.89. The molecule has 0 aliphatic heterocycles. The Hall–Kier alpha value is -3.02. The van der Waals surface area contributed by atoms with Crippen molar-refractivity contribution >= 4 is 34.6 Å². The number of amides is 2. The Morgan fingerprint density at radius 1 is 0.773 bits per heavy atom. The molecule has 0 saturated heterocycles. The molecule has 0 aliphatic rings. The van der Waals surface area contributed by atoms with Crippen LogP contribution in [-0.2, 0) is 9.59 Å². The van der Waals surface area contributed by atoms with Gasteiger partial charge in [0.25, 0.3) is 0 Å². The van der Waals surface area contributed by atoms with Gasteiger partial charge in [0.2, 0.25) is 11.8 Å². The zero-order valence-corrected chi connectivity index (χ0v) is 12.6. The second kappa shape index (κ2) is 8.31. The summed E-state index contributed by atoms with van der Waals surface area (Å²) in [4.78, 5) is 21.1. The molecule has 0 saturated carbocycles. The molecule has 0 bridgehead atoms. The molecule has 0 fully saturated rings. The highest BCUT2D eigenvalue weighted by Crippen LogP contribution is 2.11. The molecule has 2 amide bonds. The zero-order valence-electron chi connectivity index (χ0n) is 12.6. The van der Waals surface area contributed by atoms with Gasteiger partial charge in [-0.2, -0.15) is 0 Å². The molecular weight excluding hydrogens is 280 g/mol. The van der Waals surface area contributed by atoms with Crippen LogP contribution in [-0.4, -0.2) is 11.8 Å². The number of hydrogen-bond acceptors (Lipinski definition) is 4. The number of benzene rings is 2. The maximum atomic E-state index is 10.6. The van der Waals surface area contributed by atoms with Gasteiger partial charge in [0.15, 0.2) is 0 Å². The monoisotopic (exact) mass is 300 g/mol. The lowest BCUT2D eigenvalue weighted by Gasteiger charge is -2.01. The lowest BCUT2D eigenvalue weighted by atomic mass is 10.3. The van der Waals surface area contributed by atoms with Gasteiger partial charge in [0.05, 0.1) is 0 Å². The van der Waals surface area contributed by atoms with Gasteiger partial charge in [-0.15, -0.1) is 0 Å². The maximum absolute atomic E-state index is 10.6. The van der Waals surface area contributed by atoms with E-state index in [1.54, 1.807) is 48.5 Å². The summed E-state index contributed by atoms with van der Waals surface area (Å²) < 4.78 is 0. The Balaban J connectivity index is 0.000000220. The molecule has 0 spiro atoms. The fraction of sp³-hybridized carbons (Fsp3) is 0.125. The number of carbonyl (C=O) groups excluding carboxylic acids is 2. The molecule has 2 rings (SSSR count). The van der Waals surface area contributed by atoms with Crippen LogP contribution >= 0.6 is 0 Å². The summed E-state index contributed by atoms with van der Waals surface area (Å²) >= 11 is 0. The quantitative estimate of drug-likeness (QED) is 0.638. The Kier molecular flexibility index (Phi) is 6.43. The molecule has 6 nitrogen and oxygen atoms in total. The van der Waals surface area contributed by atoms with E-state index in [0.717, 1.165) is 11.4 Å². The van der Waals surface area contributed by atoms with E-state index in [-0.39, 0.29) is 11.8 Å². The van der Waals surface area contributed by atoms with Crippen molar-refractivity contribution in [3.8, 4) is 0 Å². The van der Waals surface area contributed by atoms with Gasteiger partial charge in [-0.05, 0) is 42.5 Å². The van der Waals surface area contributed by atoms with Gasteiger partial charge in [-0.1, -0.05) is 6.07 Å². The first-order valence-corrected chi connectivity index (χ1v) is 6.63. The summed E-state index contributed by atoms with van der Waals surface area (Å²) in [6, 6.07) is 14.1. The Morgan fingerprint density at radius 3 is 1.82 bits per heavy atom. The molecule has 0 heterocycles. The van der Waals surface area contributed by atoms with E-state index in [0.29, 0.717) is 11.4 Å². The number of nitrogen functional groups attached to an aromatic ring is 2. The van der Waals surface area contributed by atoms with Gasteiger partial charge in [0, 0.05) is 36.6 Å². The molecule has 0 aromatic heterocycles. The second-order valence-electron chi connectivity index (χ2n) is 4.61. The van der Waals surface area contributed by atoms with E-state index >= 15 is 0 Å². The first-order chi connectivity index (χ1) is 10.4. The molecule has 0 radical (unpaired) electrons. The number of hydrogen-bond donors (Lipinski definition) is 4. The number of rotatable bonds is 2. The van der Waals surface area contributed by atoms with Crippen LogP contribution in [0.1, 0.15) is 13.8 Å². The van der Waals surface area contributed by atoms with Crippen LogP contribution in [0.2, 0.25) is 0 Å². The summed E-state index contributed by atoms with van der Waals surface area (Å²) in [5, 5.41) is 5.26. The van der Waals surface area contributed by atoms with E-state index in [4.69, 9.17) is 11.5 Å². The highest BCUT2D eigenvalue weighted by atomic mass is 16.2. The highest BCUT2D eigenvalue weighted by Gasteiger charge is 1.94. The summed E-state index contributed by atoms with van der Waals surface area (Å²) in [6.07, 6.45) is 0. The molecule has 2 aromatic carbocycles. The van der Waals surface area contributed by atoms with Crippen molar-refractivity contribution in [1.29, 1.82) is 0 Å². The molecule has 0 atom stereocenters. The lowest BCUT2D eigenvalue weighted by Crippen LogP contribution is -2.05. The van der Waals surface area contributed by atoms with Crippen molar-refractivity contribution in [3.05, 3.63) is 48.5 Å². The minimum atomic E-state index is -0.0874. The van der Waals surface area contributed by atoms with Gasteiger partial charge in [-0.3, -0.25) is 9.59 Å². The third kappa shape index (κ3) is 6.95. The fourth-order valence-corrected chi connectivity index (χ4v) is 1.59. The van der Waals surface area contributed by atoms with Crippen LogP contribution in [0.4, 0.5) is 22.7 Å². The SMILES string of the molecule is CC(=O)Nc1ccc(N)cc1.CC(=O)Nc1cccc(N)c1. The first-order valence-electron chi connectivity index (χ1n) is 6.63. The van der Waals surface area contributed by atoms with Crippen LogP contribution < -0.4 is 22.1 Å². The normalized spacial score (nSPS) is 9.18. The van der Waals surface area contributed by atoms with Crippen molar-refractivity contribution in [3.63, 3.8) is 0 Å². The average molecular weight is 300 g/mol. The van der Waals surface area contributed by atoms with E-state index < -0.39 is 0 Å². The van der Waals surface area contributed by atoms with E-state index in [1.807, 2.05) is 0 Å². The van der Waals surface area contributed by atoms with Crippen LogP contribution in [0.25, 0.3) is 0 Å². The molecule has 0 unspecified atom stereocenters. The predicted octanol–water partition coefficient (Wildman–Crippen LogP) is 2.45. The van der Waals surface area contributed by atoms with Crippen molar-refractivity contribution in [1.82, 2.24) is 0 Å². The average Bonchev–Trinajstić information content (AvgIpc) is 2.41. The molecule has 6 N–H and O–H groups in total. The third-order valence-corrected chi connectivity index (χ3v) is 2.44. The lowest BCUT2D eigenvalue weighted by molar-refractivity contribution is -0.115. The minimum Gasteiger partial charge on any atom is -0.399 e. The molecule has 22 heavy (non-hydrogen) atoms. The smallest absolute Gasteiger partial charge is 0.221 e. The number of nitrogens with two attached hydrogens (primary N) is 2. The summed E-state index contributed by atoms with van der Waals surface area (Å²) in [5.74, 6) is -0.162. The third-order valence-electron chi connectivity index (χ3n) is 2.44. The molecular formula is C16H20N4O2. The van der Waals surface area contributed by atoms with Gasteiger partial charge < -0.3 is 22.1 Å². The van der Waals surface area contributed by atoms with Crippen molar-refractivity contribution < 1.29 is 9.59 Å². The van der Waals surface area contributed by atoms with Gasteiger partial charge in [-0.25, -0.2) is 0 Å². The molecule has 0 aliphatic carbocycles. The largest absolute Gasteiger partial charge is 0.399 e. The second-order valence-corrected chi connectivity index (χ2v) is 4.61. The zero-order chi connectivity index (χ0) is 16.5. The van der Waals surface area contributed by atoms with Crippen LogP contribution in [0.5, 0.6) is 0 Å². The number of carbonyl (C=O) groups is 2. The van der Waals surface area contributed by atoms with E-state index in [2.05, 4.69) is 10.6 Å². The Morgan fingerprint density at radius 2 is 1.32 bits per heavy atom. The number of nitrogens with one attached hydrogen (secondary N) is 2. The standard InChI is InChI=1S/2C8H10N2O/c1-6(11)10-8-4-2-7(9)3-5-8;1-6(11)10-8-4-2-3-7(9)5-8/h2*2-5H,9H2,1H3,(H,10,11). The van der Waals surface area contributed by atoms with E-state index in [9.17, 15) is 9.59 Å². The van der Waals surface area contributed by atoms with Crippen molar-refractivity contribution in [2.24, 2.45) is 0 Å². The topological polar surface area (TPSA) is 110 Å². The van der Waals surface area contributed by atoms with Crippen molar-refractivity contribution in [2.45, 2.75) is 13.8 Å². The summed E-state index contributed by atoms with van der Waals surface area (Å²) in [7, 11) is 0. The Bertz CT molecular complexity index is 639. The molecule has 116 valence electrons. The molecule has 6 heteroatoms. The summed E-state index contributed by atoms with van der Waals surface area (Å²) in [6.45, 7) is 2.93. The minimum absolute atomic E-state index is 0.0743. The predicted molar refractivity (Wildman–Crippen MR) is 90.3 cm³/mol. The van der Waals surface area contributed by atoms with Crippen LogP contribution in [0.15, 0.2) is 48.5 Å². The van der Waals surface area contributed by atoms with Crippen LogP contribution in [0.3, 0.4) is 0 Å². The fourth-order valence-electron chi connectivity index (χ4n) is 1.59. The number of anilines is 4.